The van der Waals surface area contributed by atoms with Crippen LogP contribution in [0.25, 0.3) is 11.1 Å². The molecule has 2 rings (SSSR count). The topological polar surface area (TPSA) is 94.3 Å². The molecule has 2 aromatic rings. The number of hydrogen-bond acceptors (Lipinski definition) is 5. The Labute approximate surface area is 134 Å². The average molecular weight is 339 g/mol. The molecule has 0 atom stereocenters. The second-order valence-electron chi connectivity index (χ2n) is 4.90. The fraction of sp³-hybridized carbons (Fsp3) is 0.267. The van der Waals surface area contributed by atoms with Gasteiger partial charge in [-0.2, -0.15) is 0 Å². The number of pyridine rings is 1. The van der Waals surface area contributed by atoms with Gasteiger partial charge in [-0.25, -0.2) is 17.8 Å². The molecule has 8 heteroatoms. The lowest BCUT2D eigenvalue weighted by Crippen LogP contribution is -2.17. The predicted octanol–water partition coefficient (Wildman–Crippen LogP) is 2.63. The number of aromatic nitrogens is 1. The summed E-state index contributed by atoms with van der Waals surface area (Å²) in [5.41, 5.74) is 6.73. The average Bonchev–Trinajstić information content (AvgIpc) is 2.46. The number of benzene rings is 1. The van der Waals surface area contributed by atoms with Gasteiger partial charge < -0.3 is 10.5 Å². The van der Waals surface area contributed by atoms with Crippen LogP contribution < -0.4 is 15.2 Å². The third-order valence-electron chi connectivity index (χ3n) is 3.14. The van der Waals surface area contributed by atoms with E-state index in [1.807, 2.05) is 0 Å². The van der Waals surface area contributed by atoms with Crippen molar-refractivity contribution in [2.75, 3.05) is 23.3 Å². The minimum atomic E-state index is -3.59. The molecule has 1 aromatic heterocycles. The van der Waals surface area contributed by atoms with Crippen LogP contribution in [-0.4, -0.2) is 26.3 Å². The first-order valence-electron chi connectivity index (χ1n) is 6.97. The van der Waals surface area contributed by atoms with E-state index in [2.05, 4.69) is 9.71 Å². The smallest absolute Gasteiger partial charge is 0.232 e. The maximum absolute atomic E-state index is 14.3. The van der Waals surface area contributed by atoms with Crippen LogP contribution in [0.15, 0.2) is 30.5 Å². The van der Waals surface area contributed by atoms with E-state index in [1.54, 1.807) is 19.1 Å². The molecular weight excluding hydrogens is 321 g/mol. The summed E-state index contributed by atoms with van der Waals surface area (Å²) < 4.78 is 45.5. The number of nitrogen functional groups attached to an aromatic ring is 1. The van der Waals surface area contributed by atoms with Crippen molar-refractivity contribution in [2.24, 2.45) is 0 Å². The molecule has 0 saturated carbocycles. The highest BCUT2D eigenvalue weighted by atomic mass is 32.2. The van der Waals surface area contributed by atoms with Crippen LogP contribution in [0.2, 0.25) is 0 Å². The molecule has 23 heavy (non-hydrogen) atoms. The summed E-state index contributed by atoms with van der Waals surface area (Å²) >= 11 is 0. The van der Waals surface area contributed by atoms with Crippen molar-refractivity contribution in [3.05, 3.63) is 36.3 Å². The maximum atomic E-state index is 14.3. The van der Waals surface area contributed by atoms with Crippen LogP contribution in [0.1, 0.15) is 13.3 Å². The highest BCUT2D eigenvalue weighted by Gasteiger charge is 2.18. The molecule has 0 spiro atoms. The summed E-state index contributed by atoms with van der Waals surface area (Å²) in [6.45, 7) is 1.74. The molecule has 0 fully saturated rings. The van der Waals surface area contributed by atoms with Crippen molar-refractivity contribution in [2.45, 2.75) is 13.3 Å². The molecule has 0 radical (unpaired) electrons. The summed E-state index contributed by atoms with van der Waals surface area (Å²) in [5.74, 6) is -0.713. The number of methoxy groups -OCH3 is 1. The number of nitrogens with zero attached hydrogens (tertiary/aromatic N) is 1. The number of halogens is 1. The predicted molar refractivity (Wildman–Crippen MR) is 88.3 cm³/mol. The van der Waals surface area contributed by atoms with Crippen molar-refractivity contribution in [3.8, 4) is 16.9 Å². The van der Waals surface area contributed by atoms with E-state index in [-0.39, 0.29) is 23.0 Å². The number of nitrogens with two attached hydrogens (primary N) is 1. The number of ether oxygens (including phenoxy) is 1. The Hall–Kier alpha value is -2.35. The summed E-state index contributed by atoms with van der Waals surface area (Å²) in [5, 5.41) is 0. The Morgan fingerprint density at radius 2 is 2.13 bits per heavy atom. The van der Waals surface area contributed by atoms with E-state index in [9.17, 15) is 12.8 Å². The van der Waals surface area contributed by atoms with Gasteiger partial charge in [-0.15, -0.1) is 0 Å². The van der Waals surface area contributed by atoms with Gasteiger partial charge in [-0.05, 0) is 36.2 Å². The van der Waals surface area contributed by atoms with Crippen LogP contribution in [0.5, 0.6) is 5.75 Å². The molecule has 0 bridgehead atoms. The van der Waals surface area contributed by atoms with Gasteiger partial charge in [0.25, 0.3) is 0 Å². The van der Waals surface area contributed by atoms with Gasteiger partial charge >= 0.3 is 0 Å². The lowest BCUT2D eigenvalue weighted by atomic mass is 10.1. The minimum Gasteiger partial charge on any atom is -0.492 e. The van der Waals surface area contributed by atoms with E-state index in [1.165, 1.54) is 25.4 Å². The van der Waals surface area contributed by atoms with E-state index < -0.39 is 15.8 Å². The highest BCUT2D eigenvalue weighted by molar-refractivity contribution is 7.92. The second kappa shape index (κ2) is 6.82. The molecule has 0 aliphatic rings. The quantitative estimate of drug-likeness (QED) is 0.844. The molecule has 0 unspecified atom stereocenters. The third-order valence-corrected chi connectivity index (χ3v) is 4.61. The van der Waals surface area contributed by atoms with Crippen molar-refractivity contribution in [1.82, 2.24) is 4.98 Å². The Bertz CT molecular complexity index is 810. The van der Waals surface area contributed by atoms with Gasteiger partial charge in [-0.3, -0.25) is 4.72 Å². The Kier molecular flexibility index (Phi) is 5.05. The van der Waals surface area contributed by atoms with Crippen LogP contribution in [0.4, 0.5) is 15.9 Å². The first kappa shape index (κ1) is 17.0. The van der Waals surface area contributed by atoms with Crippen molar-refractivity contribution in [1.29, 1.82) is 0 Å². The highest BCUT2D eigenvalue weighted by Crippen LogP contribution is 2.35. The van der Waals surface area contributed by atoms with Crippen LogP contribution >= 0.6 is 0 Å². The molecule has 3 N–H and O–H groups in total. The second-order valence-corrected chi connectivity index (χ2v) is 6.74. The van der Waals surface area contributed by atoms with Gasteiger partial charge in [0.15, 0.2) is 11.6 Å². The lowest BCUT2D eigenvalue weighted by molar-refractivity contribution is 0.389. The normalized spacial score (nSPS) is 11.3. The van der Waals surface area contributed by atoms with E-state index in [0.717, 1.165) is 0 Å². The van der Waals surface area contributed by atoms with Crippen molar-refractivity contribution < 1.29 is 17.5 Å². The van der Waals surface area contributed by atoms with Crippen LogP contribution in [0, 0.1) is 5.82 Å². The minimum absolute atomic E-state index is 0.0270. The number of nitrogens with one attached hydrogen (secondary N) is 1. The monoisotopic (exact) mass is 339 g/mol. The van der Waals surface area contributed by atoms with Gasteiger partial charge in [0.05, 0.1) is 18.6 Å². The molecular formula is C15H18FN3O3S. The fourth-order valence-corrected chi connectivity index (χ4v) is 3.31. The Morgan fingerprint density at radius 3 is 2.74 bits per heavy atom. The molecule has 0 aliphatic carbocycles. The molecule has 6 nitrogen and oxygen atoms in total. The molecule has 1 heterocycles. The number of sulfonamides is 1. The largest absolute Gasteiger partial charge is 0.492 e. The van der Waals surface area contributed by atoms with E-state index in [4.69, 9.17) is 10.5 Å². The van der Waals surface area contributed by atoms with Gasteiger partial charge in [-0.1, -0.05) is 6.92 Å². The van der Waals surface area contributed by atoms with Crippen molar-refractivity contribution in [3.63, 3.8) is 0 Å². The fourth-order valence-electron chi connectivity index (χ4n) is 2.18. The van der Waals surface area contributed by atoms with Crippen molar-refractivity contribution >= 4 is 21.5 Å². The summed E-state index contributed by atoms with van der Waals surface area (Å²) in [6, 6.07) is 6.04. The van der Waals surface area contributed by atoms with Gasteiger partial charge in [0.1, 0.15) is 5.82 Å². The van der Waals surface area contributed by atoms with Crippen LogP contribution in [-0.2, 0) is 10.0 Å². The zero-order valence-corrected chi connectivity index (χ0v) is 13.7. The van der Waals surface area contributed by atoms with Gasteiger partial charge in [0.2, 0.25) is 10.0 Å². The third kappa shape index (κ3) is 3.89. The maximum Gasteiger partial charge on any atom is 0.232 e. The zero-order valence-electron chi connectivity index (χ0n) is 12.8. The number of rotatable bonds is 6. The number of hydrogen-bond donors (Lipinski definition) is 2. The molecule has 0 saturated heterocycles. The summed E-state index contributed by atoms with van der Waals surface area (Å²) in [7, 11) is -2.31. The standard InChI is InChI=1S/C15H18FN3O3S/c1-3-7-23(20,21)19-13-9-10(8-12(16)14(13)22-2)11-5-4-6-18-15(11)17/h4-6,8-9,19H,3,7H2,1-2H3,(H2,17,18). The lowest BCUT2D eigenvalue weighted by Gasteiger charge is -2.14. The zero-order chi connectivity index (χ0) is 17.0. The van der Waals surface area contributed by atoms with E-state index in [0.29, 0.717) is 17.5 Å². The van der Waals surface area contributed by atoms with E-state index >= 15 is 0 Å². The summed E-state index contributed by atoms with van der Waals surface area (Å²) in [4.78, 5) is 3.95. The van der Waals surface area contributed by atoms with Gasteiger partial charge in [0, 0.05) is 11.8 Å². The SMILES string of the molecule is CCCS(=O)(=O)Nc1cc(-c2cccnc2N)cc(F)c1OC. The Morgan fingerprint density at radius 1 is 1.39 bits per heavy atom. The first-order chi connectivity index (χ1) is 10.9. The summed E-state index contributed by atoms with van der Waals surface area (Å²) in [6.07, 6.45) is 1.96. The van der Waals surface area contributed by atoms with Crippen LogP contribution in [0.3, 0.4) is 0 Å². The molecule has 124 valence electrons. The Balaban J connectivity index is 2.55. The molecule has 0 amide bonds. The molecule has 0 aliphatic heterocycles. The molecule has 1 aromatic carbocycles. The number of anilines is 2. The first-order valence-corrected chi connectivity index (χ1v) is 8.62.